The van der Waals surface area contributed by atoms with Gasteiger partial charge in [-0.15, -0.1) is 0 Å². The molecule has 0 aliphatic heterocycles. The van der Waals surface area contributed by atoms with Gasteiger partial charge in [0.05, 0.1) is 27.8 Å². The second-order valence-electron chi connectivity index (χ2n) is 9.77. The lowest BCUT2D eigenvalue weighted by Crippen LogP contribution is -2.00. The van der Waals surface area contributed by atoms with Crippen LogP contribution in [0.15, 0.2) is 131 Å². The molecule has 40 heavy (non-hydrogen) atoms. The lowest BCUT2D eigenvalue weighted by molar-refractivity contribution is 1.09. The predicted octanol–water partition coefficient (Wildman–Crippen LogP) is 9.86. The second-order valence-corrected chi connectivity index (χ2v) is 11.3. The van der Waals surface area contributed by atoms with Gasteiger partial charge in [-0.05, 0) is 80.4 Å². The fourth-order valence-electron chi connectivity index (χ4n) is 6.02. The van der Waals surface area contributed by atoms with Crippen LogP contribution in [0.5, 0.6) is 0 Å². The maximum absolute atomic E-state index is 4.96. The summed E-state index contributed by atoms with van der Waals surface area (Å²) in [6, 6.07) is 42.8. The number of hydrogen-bond acceptors (Lipinski definition) is 2. The molecule has 0 unspecified atom stereocenters. The molecule has 0 amide bonds. The minimum Gasteiger partial charge on any atom is -0.308 e. The fraction of sp³-hybridized carbons (Fsp3) is 0. The average Bonchev–Trinajstić information content (AvgIpc) is 3.49. The third-order valence-electron chi connectivity index (χ3n) is 7.54. The molecule has 0 atom stereocenters. The summed E-state index contributed by atoms with van der Waals surface area (Å²) < 4.78 is 6.00. The Bertz CT molecular complexity index is 2080. The number of para-hydroxylation sites is 4. The summed E-state index contributed by atoms with van der Waals surface area (Å²) >= 11 is 7.21. The molecule has 8 aromatic rings. The van der Waals surface area contributed by atoms with Gasteiger partial charge in [0.25, 0.3) is 0 Å². The van der Waals surface area contributed by atoms with Gasteiger partial charge in [0, 0.05) is 38.5 Å². The SMILES string of the molecule is Brc1cc(-c2c3c(cc4c5ccccc5n(-c5ccccc5)c24)c2ccccc2n3-c2ccccc2)nc(Br)n1. The number of hydrogen-bond donors (Lipinski definition) is 0. The predicted molar refractivity (Wildman–Crippen MR) is 172 cm³/mol. The normalized spacial score (nSPS) is 11.8. The summed E-state index contributed by atoms with van der Waals surface area (Å²) in [5, 5.41) is 4.77. The van der Waals surface area contributed by atoms with Crippen LogP contribution in [-0.4, -0.2) is 19.1 Å². The van der Waals surface area contributed by atoms with Gasteiger partial charge in [0.2, 0.25) is 0 Å². The first-order chi connectivity index (χ1) is 19.7. The third kappa shape index (κ3) is 3.49. The van der Waals surface area contributed by atoms with Crippen LogP contribution < -0.4 is 0 Å². The molecule has 0 saturated carbocycles. The molecule has 8 rings (SSSR count). The van der Waals surface area contributed by atoms with Gasteiger partial charge in [-0.25, -0.2) is 9.97 Å². The standard InChI is InChI=1S/C34H20Br2N4/c35-30-20-27(37-34(36)38-30)31-32-25(23-15-7-9-17-28(23)39(32)21-11-3-1-4-12-21)19-26-24-16-8-10-18-29(24)40(33(26)31)22-13-5-2-6-14-22/h1-20H. The topological polar surface area (TPSA) is 35.6 Å². The molecule has 0 fully saturated rings. The molecular formula is C34H20Br2N4. The molecule has 5 aromatic carbocycles. The van der Waals surface area contributed by atoms with Crippen LogP contribution in [0, 0.1) is 0 Å². The largest absolute Gasteiger partial charge is 0.308 e. The first-order valence-electron chi connectivity index (χ1n) is 13.0. The highest BCUT2D eigenvalue weighted by molar-refractivity contribution is 9.11. The Hall–Kier alpha value is -4.26. The summed E-state index contributed by atoms with van der Waals surface area (Å²) in [7, 11) is 0. The molecule has 0 radical (unpaired) electrons. The maximum Gasteiger partial charge on any atom is 0.198 e. The molecule has 3 aromatic heterocycles. The second kappa shape index (κ2) is 9.15. The van der Waals surface area contributed by atoms with E-state index in [-0.39, 0.29) is 0 Å². The van der Waals surface area contributed by atoms with Crippen molar-refractivity contribution in [2.75, 3.05) is 0 Å². The smallest absolute Gasteiger partial charge is 0.198 e. The molecule has 6 heteroatoms. The van der Waals surface area contributed by atoms with E-state index in [1.807, 2.05) is 6.07 Å². The third-order valence-corrected chi connectivity index (χ3v) is 8.30. The number of rotatable bonds is 3. The van der Waals surface area contributed by atoms with Crippen LogP contribution in [0.4, 0.5) is 0 Å². The molecule has 0 spiro atoms. The molecule has 0 aliphatic carbocycles. The van der Waals surface area contributed by atoms with Crippen LogP contribution in [0.1, 0.15) is 0 Å². The van der Waals surface area contributed by atoms with Crippen molar-refractivity contribution in [3.8, 4) is 22.6 Å². The van der Waals surface area contributed by atoms with Crippen LogP contribution in [0.25, 0.3) is 66.2 Å². The fourth-order valence-corrected chi connectivity index (χ4v) is 7.03. The van der Waals surface area contributed by atoms with Crippen molar-refractivity contribution < 1.29 is 0 Å². The Morgan fingerprint density at radius 1 is 0.475 bits per heavy atom. The monoisotopic (exact) mass is 642 g/mol. The molecule has 190 valence electrons. The maximum atomic E-state index is 4.96. The lowest BCUT2D eigenvalue weighted by atomic mass is 10.0. The Labute approximate surface area is 246 Å². The Balaban J connectivity index is 1.71. The zero-order valence-electron chi connectivity index (χ0n) is 21.1. The van der Waals surface area contributed by atoms with Crippen molar-refractivity contribution in [3.05, 3.63) is 131 Å². The van der Waals surface area contributed by atoms with Gasteiger partial charge in [0.15, 0.2) is 4.73 Å². The first-order valence-corrected chi connectivity index (χ1v) is 14.6. The van der Waals surface area contributed by atoms with E-state index in [4.69, 9.17) is 4.98 Å². The van der Waals surface area contributed by atoms with E-state index >= 15 is 0 Å². The van der Waals surface area contributed by atoms with E-state index in [9.17, 15) is 0 Å². The summed E-state index contributed by atoms with van der Waals surface area (Å²) in [4.78, 5) is 9.44. The van der Waals surface area contributed by atoms with Gasteiger partial charge in [-0.3, -0.25) is 0 Å². The van der Waals surface area contributed by atoms with Crippen molar-refractivity contribution in [3.63, 3.8) is 0 Å². The van der Waals surface area contributed by atoms with Crippen molar-refractivity contribution in [2.45, 2.75) is 0 Å². The summed E-state index contributed by atoms with van der Waals surface area (Å²) in [6.45, 7) is 0. The highest BCUT2D eigenvalue weighted by Gasteiger charge is 2.25. The van der Waals surface area contributed by atoms with Gasteiger partial charge < -0.3 is 9.13 Å². The van der Waals surface area contributed by atoms with E-state index in [1.54, 1.807) is 0 Å². The van der Waals surface area contributed by atoms with Crippen LogP contribution in [-0.2, 0) is 0 Å². The molecule has 3 heterocycles. The zero-order valence-corrected chi connectivity index (χ0v) is 24.3. The number of nitrogens with zero attached hydrogens (tertiary/aromatic N) is 4. The zero-order chi connectivity index (χ0) is 26.8. The Morgan fingerprint density at radius 3 is 1.45 bits per heavy atom. The minimum absolute atomic E-state index is 0.534. The average molecular weight is 644 g/mol. The minimum atomic E-state index is 0.534. The van der Waals surface area contributed by atoms with Crippen molar-refractivity contribution in [1.29, 1.82) is 0 Å². The quantitative estimate of drug-likeness (QED) is 0.142. The van der Waals surface area contributed by atoms with Crippen molar-refractivity contribution >= 4 is 75.5 Å². The summed E-state index contributed by atoms with van der Waals surface area (Å²) in [6.07, 6.45) is 0. The number of fused-ring (bicyclic) bond motifs is 6. The number of aromatic nitrogens is 4. The van der Waals surface area contributed by atoms with E-state index in [2.05, 4.69) is 161 Å². The molecule has 0 bridgehead atoms. The highest BCUT2D eigenvalue weighted by atomic mass is 79.9. The van der Waals surface area contributed by atoms with Gasteiger partial charge >= 0.3 is 0 Å². The van der Waals surface area contributed by atoms with Crippen LogP contribution in [0.2, 0.25) is 0 Å². The van der Waals surface area contributed by atoms with Gasteiger partial charge in [0.1, 0.15) is 4.60 Å². The highest BCUT2D eigenvalue weighted by Crippen LogP contribution is 2.46. The number of halogens is 2. The molecular weight excluding hydrogens is 624 g/mol. The molecule has 0 N–H and O–H groups in total. The summed E-state index contributed by atoms with van der Waals surface area (Å²) in [5.41, 5.74) is 8.61. The van der Waals surface area contributed by atoms with E-state index in [0.717, 1.165) is 49.3 Å². The van der Waals surface area contributed by atoms with Gasteiger partial charge in [-0.2, -0.15) is 0 Å². The van der Waals surface area contributed by atoms with E-state index < -0.39 is 0 Å². The Kier molecular flexibility index (Phi) is 5.40. The van der Waals surface area contributed by atoms with Crippen molar-refractivity contribution in [1.82, 2.24) is 19.1 Å². The Morgan fingerprint density at radius 2 is 0.950 bits per heavy atom. The van der Waals surface area contributed by atoms with Crippen LogP contribution >= 0.6 is 31.9 Å². The van der Waals surface area contributed by atoms with Crippen LogP contribution in [0.3, 0.4) is 0 Å². The van der Waals surface area contributed by atoms with E-state index in [0.29, 0.717) is 4.73 Å². The first kappa shape index (κ1) is 23.6. The summed E-state index contributed by atoms with van der Waals surface area (Å²) in [5.74, 6) is 0. The lowest BCUT2D eigenvalue weighted by Gasteiger charge is -2.15. The van der Waals surface area contributed by atoms with E-state index in [1.165, 1.54) is 21.5 Å². The number of benzene rings is 5. The molecule has 0 saturated heterocycles. The van der Waals surface area contributed by atoms with Gasteiger partial charge in [-0.1, -0.05) is 72.8 Å². The molecule has 4 nitrogen and oxygen atoms in total. The van der Waals surface area contributed by atoms with Crippen molar-refractivity contribution in [2.24, 2.45) is 0 Å². The molecule has 0 aliphatic rings.